The summed E-state index contributed by atoms with van der Waals surface area (Å²) in [5, 5.41) is 5.24. The number of nitrogens with zero attached hydrogens (tertiary/aromatic N) is 1. The summed E-state index contributed by atoms with van der Waals surface area (Å²) in [6, 6.07) is 11.1. The average molecular weight is 329 g/mol. The van der Waals surface area contributed by atoms with Crippen LogP contribution in [-0.2, 0) is 9.59 Å². The molecule has 0 aliphatic carbocycles. The number of hydrogen-bond acceptors (Lipinski definition) is 4. The number of hydrogen-bond donors (Lipinski definition) is 2. The Morgan fingerprint density at radius 1 is 1.13 bits per heavy atom. The standard InChI is InChI=1S/C17H19N3O2S/c1-12-5-7-14(8-6-12)19-16(21)11-23-13(2)17(22)20-15-4-3-9-18-10-15/h3-10,13H,11H2,1-2H3,(H,19,21)(H,20,22). The van der Waals surface area contributed by atoms with Crippen LogP contribution in [0.4, 0.5) is 11.4 Å². The van der Waals surface area contributed by atoms with Crippen molar-refractivity contribution in [1.82, 2.24) is 4.98 Å². The highest BCUT2D eigenvalue weighted by Crippen LogP contribution is 2.15. The lowest BCUT2D eigenvalue weighted by Crippen LogP contribution is -2.25. The Balaban J connectivity index is 1.76. The molecular formula is C17H19N3O2S. The molecule has 0 radical (unpaired) electrons. The largest absolute Gasteiger partial charge is 0.325 e. The van der Waals surface area contributed by atoms with E-state index in [-0.39, 0.29) is 22.8 Å². The van der Waals surface area contributed by atoms with Crippen molar-refractivity contribution in [2.75, 3.05) is 16.4 Å². The summed E-state index contributed by atoms with van der Waals surface area (Å²) in [6.45, 7) is 3.76. The van der Waals surface area contributed by atoms with Gasteiger partial charge in [-0.15, -0.1) is 11.8 Å². The van der Waals surface area contributed by atoms with Gasteiger partial charge in [-0.05, 0) is 38.1 Å². The summed E-state index contributed by atoms with van der Waals surface area (Å²) in [7, 11) is 0. The number of carbonyl (C=O) groups is 2. The van der Waals surface area contributed by atoms with E-state index >= 15 is 0 Å². The van der Waals surface area contributed by atoms with E-state index in [1.165, 1.54) is 11.8 Å². The Morgan fingerprint density at radius 3 is 2.52 bits per heavy atom. The molecule has 1 aromatic heterocycles. The quantitative estimate of drug-likeness (QED) is 0.854. The second kappa shape index (κ2) is 8.33. The molecule has 1 heterocycles. The highest BCUT2D eigenvalue weighted by Gasteiger charge is 2.15. The summed E-state index contributed by atoms with van der Waals surface area (Å²) < 4.78 is 0. The third kappa shape index (κ3) is 5.75. The fourth-order valence-corrected chi connectivity index (χ4v) is 2.47. The molecule has 0 aliphatic heterocycles. The van der Waals surface area contributed by atoms with Gasteiger partial charge < -0.3 is 10.6 Å². The summed E-state index contributed by atoms with van der Waals surface area (Å²) in [6.07, 6.45) is 3.22. The predicted molar refractivity (Wildman–Crippen MR) is 94.6 cm³/mol. The third-order valence-corrected chi connectivity index (χ3v) is 4.24. The number of aromatic nitrogens is 1. The number of anilines is 2. The van der Waals surface area contributed by atoms with Crippen LogP contribution in [0.25, 0.3) is 0 Å². The number of thioether (sulfide) groups is 1. The van der Waals surface area contributed by atoms with E-state index in [2.05, 4.69) is 15.6 Å². The number of aryl methyl sites for hydroxylation is 1. The lowest BCUT2D eigenvalue weighted by molar-refractivity contribution is -0.115. The molecule has 2 aromatic rings. The minimum atomic E-state index is -0.334. The Hall–Kier alpha value is -2.34. The molecule has 120 valence electrons. The van der Waals surface area contributed by atoms with E-state index in [0.29, 0.717) is 5.69 Å². The first-order valence-electron chi connectivity index (χ1n) is 7.23. The maximum absolute atomic E-state index is 12.0. The summed E-state index contributed by atoms with van der Waals surface area (Å²) in [5.41, 5.74) is 2.54. The van der Waals surface area contributed by atoms with Crippen molar-refractivity contribution < 1.29 is 9.59 Å². The van der Waals surface area contributed by atoms with Crippen molar-refractivity contribution in [3.8, 4) is 0 Å². The van der Waals surface area contributed by atoms with Crippen LogP contribution < -0.4 is 10.6 Å². The van der Waals surface area contributed by atoms with Crippen LogP contribution in [-0.4, -0.2) is 27.8 Å². The zero-order valence-corrected chi connectivity index (χ0v) is 13.9. The third-order valence-electron chi connectivity index (χ3n) is 3.10. The second-order valence-corrected chi connectivity index (χ2v) is 6.43. The van der Waals surface area contributed by atoms with Crippen molar-refractivity contribution in [3.05, 3.63) is 54.4 Å². The second-order valence-electron chi connectivity index (χ2n) is 5.10. The molecule has 0 aliphatic rings. The molecule has 6 heteroatoms. The molecule has 2 N–H and O–H groups in total. The van der Waals surface area contributed by atoms with E-state index in [1.807, 2.05) is 31.2 Å². The number of rotatable bonds is 6. The van der Waals surface area contributed by atoms with Crippen molar-refractivity contribution in [2.24, 2.45) is 0 Å². The molecule has 5 nitrogen and oxygen atoms in total. The minimum Gasteiger partial charge on any atom is -0.325 e. The van der Waals surface area contributed by atoms with Gasteiger partial charge in [0.15, 0.2) is 0 Å². The fraction of sp³-hybridized carbons (Fsp3) is 0.235. The highest BCUT2D eigenvalue weighted by atomic mass is 32.2. The molecule has 1 aromatic carbocycles. The van der Waals surface area contributed by atoms with Gasteiger partial charge in [-0.3, -0.25) is 14.6 Å². The molecule has 0 saturated heterocycles. The highest BCUT2D eigenvalue weighted by molar-refractivity contribution is 8.01. The van der Waals surface area contributed by atoms with E-state index in [9.17, 15) is 9.59 Å². The Kier molecular flexibility index (Phi) is 6.17. The number of pyridine rings is 1. The van der Waals surface area contributed by atoms with E-state index in [4.69, 9.17) is 0 Å². The van der Waals surface area contributed by atoms with E-state index in [0.717, 1.165) is 11.3 Å². The predicted octanol–water partition coefficient (Wildman–Crippen LogP) is 3.09. The van der Waals surface area contributed by atoms with Gasteiger partial charge in [-0.25, -0.2) is 0 Å². The van der Waals surface area contributed by atoms with Gasteiger partial charge in [0, 0.05) is 11.9 Å². The topological polar surface area (TPSA) is 71.1 Å². The van der Waals surface area contributed by atoms with Crippen molar-refractivity contribution in [2.45, 2.75) is 19.1 Å². The van der Waals surface area contributed by atoms with Crippen molar-refractivity contribution in [3.63, 3.8) is 0 Å². The molecule has 0 saturated carbocycles. The maximum Gasteiger partial charge on any atom is 0.237 e. The van der Waals surface area contributed by atoms with Gasteiger partial charge in [0.2, 0.25) is 11.8 Å². The molecular weight excluding hydrogens is 310 g/mol. The Labute approximate surface area is 139 Å². The SMILES string of the molecule is Cc1ccc(NC(=O)CSC(C)C(=O)Nc2cccnc2)cc1. The molecule has 0 spiro atoms. The van der Waals surface area contributed by atoms with E-state index in [1.54, 1.807) is 31.5 Å². The molecule has 1 unspecified atom stereocenters. The summed E-state index contributed by atoms with van der Waals surface area (Å²) in [5.74, 6) is -0.0544. The minimum absolute atomic E-state index is 0.125. The van der Waals surface area contributed by atoms with E-state index < -0.39 is 0 Å². The summed E-state index contributed by atoms with van der Waals surface area (Å²) in [4.78, 5) is 27.9. The first-order chi connectivity index (χ1) is 11.0. The number of amides is 2. The first kappa shape index (κ1) is 17.0. The van der Waals surface area contributed by atoms with Gasteiger partial charge in [-0.2, -0.15) is 0 Å². The Morgan fingerprint density at radius 2 is 1.87 bits per heavy atom. The first-order valence-corrected chi connectivity index (χ1v) is 8.28. The van der Waals surface area contributed by atoms with Crippen LogP contribution in [0, 0.1) is 6.92 Å². The number of carbonyl (C=O) groups excluding carboxylic acids is 2. The van der Waals surface area contributed by atoms with Gasteiger partial charge in [0.25, 0.3) is 0 Å². The molecule has 2 amide bonds. The molecule has 0 bridgehead atoms. The number of benzene rings is 1. The normalized spacial score (nSPS) is 11.6. The van der Waals surface area contributed by atoms with Crippen LogP contribution in [0.3, 0.4) is 0 Å². The lowest BCUT2D eigenvalue weighted by atomic mass is 10.2. The molecule has 0 fully saturated rings. The summed E-state index contributed by atoms with van der Waals surface area (Å²) >= 11 is 1.29. The lowest BCUT2D eigenvalue weighted by Gasteiger charge is -2.12. The fourth-order valence-electron chi connectivity index (χ4n) is 1.79. The van der Waals surface area contributed by atoms with Crippen LogP contribution in [0.15, 0.2) is 48.8 Å². The van der Waals surface area contributed by atoms with Crippen LogP contribution in [0.5, 0.6) is 0 Å². The van der Waals surface area contributed by atoms with Crippen LogP contribution in [0.2, 0.25) is 0 Å². The van der Waals surface area contributed by atoms with Gasteiger partial charge >= 0.3 is 0 Å². The molecule has 1 atom stereocenters. The van der Waals surface area contributed by atoms with Crippen LogP contribution in [0.1, 0.15) is 12.5 Å². The zero-order chi connectivity index (χ0) is 16.7. The van der Waals surface area contributed by atoms with Crippen LogP contribution >= 0.6 is 11.8 Å². The molecule has 23 heavy (non-hydrogen) atoms. The van der Waals surface area contributed by atoms with Crippen molar-refractivity contribution >= 4 is 35.0 Å². The van der Waals surface area contributed by atoms with Gasteiger partial charge in [0.1, 0.15) is 0 Å². The molecule has 2 rings (SSSR count). The van der Waals surface area contributed by atoms with Crippen molar-refractivity contribution in [1.29, 1.82) is 0 Å². The number of nitrogens with one attached hydrogen (secondary N) is 2. The van der Waals surface area contributed by atoms with Gasteiger partial charge in [-0.1, -0.05) is 17.7 Å². The Bertz CT molecular complexity index is 659. The zero-order valence-electron chi connectivity index (χ0n) is 13.1. The average Bonchev–Trinajstić information content (AvgIpc) is 2.55. The smallest absolute Gasteiger partial charge is 0.237 e. The monoisotopic (exact) mass is 329 g/mol. The maximum atomic E-state index is 12.0. The van der Waals surface area contributed by atoms with Gasteiger partial charge in [0.05, 0.1) is 22.9 Å².